The number of rotatable bonds is 5. The first kappa shape index (κ1) is 21.7. The van der Waals surface area contributed by atoms with Crippen LogP contribution in [0.15, 0.2) is 0 Å². The van der Waals surface area contributed by atoms with Gasteiger partial charge < -0.3 is 14.4 Å². The van der Waals surface area contributed by atoms with Gasteiger partial charge in [0.1, 0.15) is 0 Å². The Balaban J connectivity index is 1.69. The SMILES string of the molecule is CCOC(=O)C1CCN(C(=O)COC(=O)C2CCC(C(C)(C)C)CC2)CC1. The van der Waals surface area contributed by atoms with E-state index >= 15 is 0 Å². The summed E-state index contributed by atoms with van der Waals surface area (Å²) in [6.07, 6.45) is 4.99. The van der Waals surface area contributed by atoms with E-state index in [0.29, 0.717) is 38.5 Å². The fourth-order valence-electron chi connectivity index (χ4n) is 4.16. The molecule has 0 radical (unpaired) electrons. The standard InChI is InChI=1S/C21H35NO5/c1-5-26-19(24)16-10-12-22(13-11-16)18(23)14-27-20(25)15-6-8-17(9-7-15)21(2,3)4/h15-17H,5-14H2,1-4H3. The molecule has 0 N–H and O–H groups in total. The third kappa shape index (κ3) is 6.22. The maximum atomic E-state index is 12.3. The highest BCUT2D eigenvalue weighted by molar-refractivity contribution is 5.81. The largest absolute Gasteiger partial charge is 0.466 e. The van der Waals surface area contributed by atoms with Crippen molar-refractivity contribution in [2.75, 3.05) is 26.3 Å². The van der Waals surface area contributed by atoms with Gasteiger partial charge in [-0.1, -0.05) is 20.8 Å². The Morgan fingerprint density at radius 3 is 1.89 bits per heavy atom. The first-order valence-electron chi connectivity index (χ1n) is 10.3. The fraction of sp³-hybridized carbons (Fsp3) is 0.857. The minimum absolute atomic E-state index is 0.0778. The average molecular weight is 382 g/mol. The number of ether oxygens (including phenoxy) is 2. The van der Waals surface area contributed by atoms with Crippen LogP contribution in [0.5, 0.6) is 0 Å². The molecule has 154 valence electrons. The normalized spacial score (nSPS) is 24.4. The van der Waals surface area contributed by atoms with Crippen LogP contribution in [0.1, 0.15) is 66.2 Å². The van der Waals surface area contributed by atoms with Crippen LogP contribution in [0.25, 0.3) is 0 Å². The molecule has 0 aromatic rings. The molecule has 6 heteroatoms. The summed E-state index contributed by atoms with van der Waals surface area (Å²) in [6.45, 7) is 9.75. The molecule has 0 bridgehead atoms. The lowest BCUT2D eigenvalue weighted by molar-refractivity contribution is -0.158. The number of amides is 1. The first-order valence-corrected chi connectivity index (χ1v) is 10.3. The van der Waals surface area contributed by atoms with E-state index < -0.39 is 0 Å². The maximum absolute atomic E-state index is 12.3. The highest BCUT2D eigenvalue weighted by Gasteiger charge is 2.34. The molecular formula is C21H35NO5. The minimum atomic E-state index is -0.239. The van der Waals surface area contributed by atoms with E-state index in [2.05, 4.69) is 20.8 Å². The smallest absolute Gasteiger partial charge is 0.309 e. The summed E-state index contributed by atoms with van der Waals surface area (Å²) in [6, 6.07) is 0. The minimum Gasteiger partial charge on any atom is -0.466 e. The van der Waals surface area contributed by atoms with Gasteiger partial charge in [-0.25, -0.2) is 0 Å². The van der Waals surface area contributed by atoms with E-state index in [0.717, 1.165) is 25.7 Å². The van der Waals surface area contributed by atoms with Gasteiger partial charge >= 0.3 is 11.9 Å². The predicted octanol–water partition coefficient (Wildman–Crippen LogP) is 3.18. The fourth-order valence-corrected chi connectivity index (χ4v) is 4.16. The molecule has 0 aromatic heterocycles. The maximum Gasteiger partial charge on any atom is 0.309 e. The van der Waals surface area contributed by atoms with Gasteiger partial charge in [0.05, 0.1) is 18.4 Å². The van der Waals surface area contributed by atoms with E-state index in [4.69, 9.17) is 9.47 Å². The van der Waals surface area contributed by atoms with E-state index in [1.54, 1.807) is 11.8 Å². The Kier molecular flexibility index (Phi) is 7.68. The lowest BCUT2D eigenvalue weighted by Crippen LogP contribution is -2.42. The average Bonchev–Trinajstić information content (AvgIpc) is 2.65. The molecule has 6 nitrogen and oxygen atoms in total. The Labute approximate surface area is 162 Å². The van der Waals surface area contributed by atoms with Crippen molar-refractivity contribution in [3.8, 4) is 0 Å². The molecule has 2 aliphatic rings. The number of carbonyl (C=O) groups is 3. The molecule has 1 amide bonds. The second-order valence-electron chi connectivity index (χ2n) is 8.93. The van der Waals surface area contributed by atoms with Gasteiger partial charge in [0.15, 0.2) is 6.61 Å². The molecule has 27 heavy (non-hydrogen) atoms. The summed E-state index contributed by atoms with van der Waals surface area (Å²) in [4.78, 5) is 38.0. The quantitative estimate of drug-likeness (QED) is 0.684. The van der Waals surface area contributed by atoms with Crippen LogP contribution < -0.4 is 0 Å². The zero-order valence-corrected chi connectivity index (χ0v) is 17.3. The molecular weight excluding hydrogens is 346 g/mol. The summed E-state index contributed by atoms with van der Waals surface area (Å²) in [7, 11) is 0. The van der Waals surface area contributed by atoms with Crippen molar-refractivity contribution in [1.29, 1.82) is 0 Å². The Morgan fingerprint density at radius 1 is 0.852 bits per heavy atom. The third-order valence-electron chi connectivity index (χ3n) is 6.09. The molecule has 2 fully saturated rings. The third-order valence-corrected chi connectivity index (χ3v) is 6.09. The molecule has 1 saturated carbocycles. The van der Waals surface area contributed by atoms with Crippen molar-refractivity contribution in [2.24, 2.45) is 23.2 Å². The topological polar surface area (TPSA) is 72.9 Å². The lowest BCUT2D eigenvalue weighted by Gasteiger charge is -2.36. The van der Waals surface area contributed by atoms with Crippen molar-refractivity contribution in [2.45, 2.75) is 66.2 Å². The van der Waals surface area contributed by atoms with Crippen LogP contribution in [0, 0.1) is 23.2 Å². The van der Waals surface area contributed by atoms with Crippen molar-refractivity contribution in [3.63, 3.8) is 0 Å². The van der Waals surface area contributed by atoms with E-state index in [1.165, 1.54) is 0 Å². The van der Waals surface area contributed by atoms with Gasteiger partial charge in [0.2, 0.25) is 0 Å². The van der Waals surface area contributed by atoms with Crippen LogP contribution in [-0.2, 0) is 23.9 Å². The van der Waals surface area contributed by atoms with Gasteiger partial charge in [-0.2, -0.15) is 0 Å². The summed E-state index contributed by atoms with van der Waals surface area (Å²) >= 11 is 0. The second kappa shape index (κ2) is 9.56. The second-order valence-corrected chi connectivity index (χ2v) is 8.93. The highest BCUT2D eigenvalue weighted by atomic mass is 16.5. The zero-order valence-electron chi connectivity index (χ0n) is 17.3. The van der Waals surface area contributed by atoms with Gasteiger partial charge in [-0.15, -0.1) is 0 Å². The molecule has 0 atom stereocenters. The van der Waals surface area contributed by atoms with Gasteiger partial charge in [-0.3, -0.25) is 14.4 Å². The van der Waals surface area contributed by atoms with Crippen LogP contribution in [-0.4, -0.2) is 49.0 Å². The first-order chi connectivity index (χ1) is 12.7. The van der Waals surface area contributed by atoms with Gasteiger partial charge in [-0.05, 0) is 56.8 Å². The molecule has 1 aliphatic heterocycles. The number of piperidine rings is 1. The van der Waals surface area contributed by atoms with Gasteiger partial charge in [0, 0.05) is 13.1 Å². The summed E-state index contributed by atoms with van der Waals surface area (Å²) in [5.41, 5.74) is 0.278. The molecule has 1 heterocycles. The molecule has 0 aromatic carbocycles. The molecule has 2 rings (SSSR count). The number of likely N-dealkylation sites (tertiary alicyclic amines) is 1. The number of hydrogen-bond donors (Lipinski definition) is 0. The van der Waals surface area contributed by atoms with Crippen LogP contribution in [0.2, 0.25) is 0 Å². The van der Waals surface area contributed by atoms with E-state index in [1.807, 2.05) is 0 Å². The Bertz CT molecular complexity index is 523. The predicted molar refractivity (Wildman–Crippen MR) is 102 cm³/mol. The van der Waals surface area contributed by atoms with Crippen molar-refractivity contribution in [3.05, 3.63) is 0 Å². The molecule has 0 spiro atoms. The van der Waals surface area contributed by atoms with E-state index in [9.17, 15) is 14.4 Å². The number of esters is 2. The zero-order chi connectivity index (χ0) is 20.0. The molecule has 1 saturated heterocycles. The van der Waals surface area contributed by atoms with Crippen LogP contribution in [0.4, 0.5) is 0 Å². The monoisotopic (exact) mass is 381 g/mol. The lowest BCUT2D eigenvalue weighted by atomic mass is 9.70. The van der Waals surface area contributed by atoms with Crippen molar-refractivity contribution < 1.29 is 23.9 Å². The summed E-state index contributed by atoms with van der Waals surface area (Å²) in [5, 5.41) is 0. The molecule has 0 unspecified atom stereocenters. The van der Waals surface area contributed by atoms with E-state index in [-0.39, 0.29) is 41.7 Å². The number of hydrogen-bond acceptors (Lipinski definition) is 5. The highest BCUT2D eigenvalue weighted by Crippen LogP contribution is 2.40. The van der Waals surface area contributed by atoms with Crippen LogP contribution >= 0.6 is 0 Å². The summed E-state index contributed by atoms with van der Waals surface area (Å²) in [5.74, 6) is -0.155. The molecule has 1 aliphatic carbocycles. The van der Waals surface area contributed by atoms with Crippen LogP contribution in [0.3, 0.4) is 0 Å². The van der Waals surface area contributed by atoms with Gasteiger partial charge in [0.25, 0.3) is 5.91 Å². The Hall–Kier alpha value is -1.59. The van der Waals surface area contributed by atoms with Crippen molar-refractivity contribution in [1.82, 2.24) is 4.90 Å². The van der Waals surface area contributed by atoms with Crippen molar-refractivity contribution >= 4 is 17.8 Å². The number of carbonyl (C=O) groups excluding carboxylic acids is 3. The summed E-state index contributed by atoms with van der Waals surface area (Å²) < 4.78 is 10.3. The Morgan fingerprint density at radius 2 is 1.37 bits per heavy atom. The number of nitrogens with zero attached hydrogens (tertiary/aromatic N) is 1.